The van der Waals surface area contributed by atoms with Crippen LogP contribution in [0, 0.1) is 11.6 Å². The predicted octanol–water partition coefficient (Wildman–Crippen LogP) is 3.81. The van der Waals surface area contributed by atoms with Crippen LogP contribution in [-0.2, 0) is 4.79 Å². The molecule has 23 heavy (non-hydrogen) atoms. The quantitative estimate of drug-likeness (QED) is 0.824. The van der Waals surface area contributed by atoms with Crippen molar-refractivity contribution in [3.63, 3.8) is 0 Å². The second-order valence-corrected chi connectivity index (χ2v) is 5.24. The van der Waals surface area contributed by atoms with Crippen LogP contribution in [0.25, 0.3) is 0 Å². The summed E-state index contributed by atoms with van der Waals surface area (Å²) in [5, 5.41) is 2.61. The van der Waals surface area contributed by atoms with Crippen molar-refractivity contribution in [1.29, 1.82) is 0 Å². The number of halogens is 2. The lowest BCUT2D eigenvalue weighted by Crippen LogP contribution is -2.27. The van der Waals surface area contributed by atoms with Gasteiger partial charge in [0.15, 0.2) is 5.78 Å². The summed E-state index contributed by atoms with van der Waals surface area (Å²) in [5.74, 6) is -1.86. The number of Topliss-reactive ketones (excluding diaryl/α,β-unsaturated/α-hetero) is 1. The summed E-state index contributed by atoms with van der Waals surface area (Å²) < 4.78 is 26.5. The van der Waals surface area contributed by atoms with E-state index in [0.717, 1.165) is 12.1 Å². The minimum Gasteiger partial charge on any atom is -0.349 e. The molecule has 0 fully saturated rings. The molecule has 0 saturated carbocycles. The second-order valence-electron chi connectivity index (χ2n) is 5.24. The highest BCUT2D eigenvalue weighted by Gasteiger charge is 2.15. The van der Waals surface area contributed by atoms with Crippen LogP contribution in [0.5, 0.6) is 0 Å². The molecule has 0 aliphatic heterocycles. The Kier molecular flexibility index (Phi) is 5.57. The highest BCUT2D eigenvalue weighted by molar-refractivity contribution is 5.97. The van der Waals surface area contributed by atoms with E-state index in [-0.39, 0.29) is 30.1 Å². The lowest BCUT2D eigenvalue weighted by molar-refractivity contribution is -0.121. The maximum Gasteiger partial charge on any atom is 0.220 e. The molecular formula is C18H17F2NO2. The van der Waals surface area contributed by atoms with Crippen LogP contribution >= 0.6 is 0 Å². The third-order valence-electron chi connectivity index (χ3n) is 3.48. The van der Waals surface area contributed by atoms with Gasteiger partial charge in [-0.25, -0.2) is 8.78 Å². The van der Waals surface area contributed by atoms with E-state index in [4.69, 9.17) is 0 Å². The first-order valence-electron chi connectivity index (χ1n) is 7.30. The van der Waals surface area contributed by atoms with E-state index >= 15 is 0 Å². The van der Waals surface area contributed by atoms with Gasteiger partial charge in [-0.1, -0.05) is 36.4 Å². The molecule has 2 rings (SSSR count). The van der Waals surface area contributed by atoms with Crippen molar-refractivity contribution in [2.75, 3.05) is 0 Å². The maximum atomic E-state index is 13.6. The van der Waals surface area contributed by atoms with Gasteiger partial charge >= 0.3 is 0 Å². The van der Waals surface area contributed by atoms with Gasteiger partial charge in [0.2, 0.25) is 5.91 Å². The SMILES string of the molecule is C[C@@H](NC(=O)CCC(=O)c1ccccc1)c1ccc(F)cc1F. The number of benzene rings is 2. The molecule has 0 heterocycles. The van der Waals surface area contributed by atoms with Crippen molar-refractivity contribution in [1.82, 2.24) is 5.32 Å². The molecule has 0 aliphatic carbocycles. The Morgan fingerprint density at radius 1 is 1.04 bits per heavy atom. The Balaban J connectivity index is 1.88. The minimum atomic E-state index is -0.710. The summed E-state index contributed by atoms with van der Waals surface area (Å²) in [7, 11) is 0. The molecule has 1 amide bonds. The van der Waals surface area contributed by atoms with Gasteiger partial charge in [0, 0.05) is 30.0 Å². The fourth-order valence-electron chi connectivity index (χ4n) is 2.24. The second kappa shape index (κ2) is 7.63. The number of carbonyl (C=O) groups is 2. The summed E-state index contributed by atoms with van der Waals surface area (Å²) in [6.45, 7) is 1.60. The average Bonchev–Trinajstić information content (AvgIpc) is 2.53. The zero-order valence-electron chi connectivity index (χ0n) is 12.7. The Bertz CT molecular complexity index is 701. The number of carbonyl (C=O) groups excluding carboxylic acids is 2. The summed E-state index contributed by atoms with van der Waals surface area (Å²) >= 11 is 0. The summed E-state index contributed by atoms with van der Waals surface area (Å²) in [5.41, 5.74) is 0.757. The fourth-order valence-corrected chi connectivity index (χ4v) is 2.24. The van der Waals surface area contributed by atoms with Gasteiger partial charge in [0.05, 0.1) is 6.04 Å². The zero-order chi connectivity index (χ0) is 16.8. The van der Waals surface area contributed by atoms with Gasteiger partial charge < -0.3 is 5.32 Å². The van der Waals surface area contributed by atoms with Crippen LogP contribution in [0.3, 0.4) is 0 Å². The van der Waals surface area contributed by atoms with Crippen molar-refractivity contribution in [2.45, 2.75) is 25.8 Å². The number of hydrogen-bond acceptors (Lipinski definition) is 2. The van der Waals surface area contributed by atoms with Crippen LogP contribution in [0.2, 0.25) is 0 Å². The lowest BCUT2D eigenvalue weighted by atomic mass is 10.1. The summed E-state index contributed by atoms with van der Waals surface area (Å²) in [6, 6.07) is 11.3. The third kappa shape index (κ3) is 4.71. The largest absolute Gasteiger partial charge is 0.349 e. The molecule has 0 unspecified atom stereocenters. The molecule has 0 radical (unpaired) electrons. The minimum absolute atomic E-state index is 0.0148. The number of rotatable bonds is 6. The molecule has 0 aromatic heterocycles. The van der Waals surface area contributed by atoms with Gasteiger partial charge in [-0.2, -0.15) is 0 Å². The van der Waals surface area contributed by atoms with Gasteiger partial charge in [-0.05, 0) is 13.0 Å². The number of hydrogen-bond donors (Lipinski definition) is 1. The van der Waals surface area contributed by atoms with Crippen LogP contribution in [0.1, 0.15) is 41.7 Å². The first-order valence-corrected chi connectivity index (χ1v) is 7.30. The summed E-state index contributed by atoms with van der Waals surface area (Å²) in [6.07, 6.45) is 0.0926. The van der Waals surface area contributed by atoms with E-state index in [1.54, 1.807) is 31.2 Å². The third-order valence-corrected chi connectivity index (χ3v) is 3.48. The molecule has 2 aromatic carbocycles. The van der Waals surface area contributed by atoms with E-state index < -0.39 is 17.7 Å². The van der Waals surface area contributed by atoms with Crippen LogP contribution in [0.15, 0.2) is 48.5 Å². The average molecular weight is 317 g/mol. The van der Waals surface area contributed by atoms with E-state index in [9.17, 15) is 18.4 Å². The van der Waals surface area contributed by atoms with Crippen LogP contribution < -0.4 is 5.32 Å². The number of amides is 1. The van der Waals surface area contributed by atoms with Gasteiger partial charge in [0.25, 0.3) is 0 Å². The van der Waals surface area contributed by atoms with Crippen molar-refractivity contribution in [2.24, 2.45) is 0 Å². The molecular weight excluding hydrogens is 300 g/mol. The Labute approximate surface area is 133 Å². The van der Waals surface area contributed by atoms with Crippen molar-refractivity contribution < 1.29 is 18.4 Å². The van der Waals surface area contributed by atoms with Gasteiger partial charge in [-0.3, -0.25) is 9.59 Å². The van der Waals surface area contributed by atoms with E-state index in [1.807, 2.05) is 6.07 Å². The molecule has 2 aromatic rings. The van der Waals surface area contributed by atoms with Crippen molar-refractivity contribution in [3.8, 4) is 0 Å². The van der Waals surface area contributed by atoms with Crippen LogP contribution in [0.4, 0.5) is 8.78 Å². The molecule has 0 bridgehead atoms. The Morgan fingerprint density at radius 3 is 2.39 bits per heavy atom. The topological polar surface area (TPSA) is 46.2 Å². The fraction of sp³-hybridized carbons (Fsp3) is 0.222. The number of nitrogens with one attached hydrogen (secondary N) is 1. The van der Waals surface area contributed by atoms with E-state index in [1.165, 1.54) is 6.07 Å². The summed E-state index contributed by atoms with van der Waals surface area (Å²) in [4.78, 5) is 23.8. The highest BCUT2D eigenvalue weighted by Crippen LogP contribution is 2.18. The molecule has 1 N–H and O–H groups in total. The zero-order valence-corrected chi connectivity index (χ0v) is 12.7. The first-order chi connectivity index (χ1) is 11.0. The molecule has 0 spiro atoms. The van der Waals surface area contributed by atoms with E-state index in [2.05, 4.69) is 5.32 Å². The smallest absolute Gasteiger partial charge is 0.220 e. The van der Waals surface area contributed by atoms with Gasteiger partial charge in [-0.15, -0.1) is 0 Å². The van der Waals surface area contributed by atoms with Crippen molar-refractivity contribution in [3.05, 3.63) is 71.3 Å². The Morgan fingerprint density at radius 2 is 1.74 bits per heavy atom. The highest BCUT2D eigenvalue weighted by atomic mass is 19.1. The maximum absolute atomic E-state index is 13.6. The predicted molar refractivity (Wildman–Crippen MR) is 82.9 cm³/mol. The Hall–Kier alpha value is -2.56. The molecule has 0 aliphatic rings. The monoisotopic (exact) mass is 317 g/mol. The van der Waals surface area contributed by atoms with Crippen LogP contribution in [-0.4, -0.2) is 11.7 Å². The van der Waals surface area contributed by atoms with Crippen molar-refractivity contribution >= 4 is 11.7 Å². The molecule has 3 nitrogen and oxygen atoms in total. The normalized spacial score (nSPS) is 11.8. The standard InChI is InChI=1S/C18H17F2NO2/c1-12(15-8-7-14(19)11-16(15)20)21-18(23)10-9-17(22)13-5-3-2-4-6-13/h2-8,11-12H,9-10H2,1H3,(H,21,23)/t12-/m1/s1. The van der Waals surface area contributed by atoms with Gasteiger partial charge in [0.1, 0.15) is 11.6 Å². The van der Waals surface area contributed by atoms with E-state index in [0.29, 0.717) is 5.56 Å². The molecule has 1 atom stereocenters. The molecule has 0 saturated heterocycles. The lowest BCUT2D eigenvalue weighted by Gasteiger charge is -2.15. The molecule has 5 heteroatoms. The first kappa shape index (κ1) is 16.8. The molecule has 120 valence electrons. The number of ketones is 1.